The van der Waals surface area contributed by atoms with Gasteiger partial charge in [0, 0.05) is 5.75 Å². The van der Waals surface area contributed by atoms with E-state index in [2.05, 4.69) is 36.4 Å². The van der Waals surface area contributed by atoms with Crippen molar-refractivity contribution in [1.29, 1.82) is 0 Å². The monoisotopic (exact) mass is 411 g/mol. The summed E-state index contributed by atoms with van der Waals surface area (Å²) < 4.78 is 5.33. The van der Waals surface area contributed by atoms with Crippen molar-refractivity contribution in [2.75, 3.05) is 13.2 Å². The fraction of sp³-hybridized carbons (Fsp3) is 0.417. The van der Waals surface area contributed by atoms with E-state index < -0.39 is 0 Å². The predicted octanol–water partition coefficient (Wildman–Crippen LogP) is 4.82. The van der Waals surface area contributed by atoms with Gasteiger partial charge in [-0.3, -0.25) is 9.59 Å². The van der Waals surface area contributed by atoms with E-state index in [-0.39, 0.29) is 23.8 Å². The van der Waals surface area contributed by atoms with Crippen LogP contribution in [0.3, 0.4) is 0 Å². The second-order valence-electron chi connectivity index (χ2n) is 7.35. The van der Waals surface area contributed by atoms with Gasteiger partial charge in [-0.2, -0.15) is 0 Å². The van der Waals surface area contributed by atoms with E-state index in [9.17, 15) is 9.59 Å². The van der Waals surface area contributed by atoms with Gasteiger partial charge in [0.15, 0.2) is 0 Å². The number of β-lactam (4-membered cyclic amide) rings is 1. The van der Waals surface area contributed by atoms with E-state index in [1.54, 1.807) is 16.7 Å². The van der Waals surface area contributed by atoms with E-state index in [0.717, 1.165) is 37.9 Å². The molecule has 29 heavy (non-hydrogen) atoms. The second-order valence-corrected chi connectivity index (χ2v) is 8.51. The van der Waals surface area contributed by atoms with Gasteiger partial charge in [0.05, 0.1) is 18.4 Å². The van der Waals surface area contributed by atoms with Crippen molar-refractivity contribution in [3.63, 3.8) is 0 Å². The Morgan fingerprint density at radius 1 is 0.931 bits per heavy atom. The van der Waals surface area contributed by atoms with Gasteiger partial charge >= 0.3 is 5.97 Å². The molecule has 2 aromatic rings. The Hall–Kier alpha value is -2.27. The highest BCUT2D eigenvalue weighted by Crippen LogP contribution is 2.31. The summed E-state index contributed by atoms with van der Waals surface area (Å²) >= 11 is 1.70. The van der Waals surface area contributed by atoms with Crippen LogP contribution < -0.4 is 0 Å². The van der Waals surface area contributed by atoms with Crippen molar-refractivity contribution >= 4 is 23.6 Å². The number of unbranched alkanes of at least 4 members (excludes halogenated alkanes) is 3. The fourth-order valence-electron chi connectivity index (χ4n) is 3.33. The number of hydrogen-bond donors (Lipinski definition) is 0. The van der Waals surface area contributed by atoms with Gasteiger partial charge in [0.25, 0.3) is 0 Å². The number of nitrogens with zero attached hydrogens (tertiary/aromatic N) is 1. The van der Waals surface area contributed by atoms with Crippen LogP contribution in [0.25, 0.3) is 0 Å². The summed E-state index contributed by atoms with van der Waals surface area (Å²) in [5, 5.41) is 0.0771. The highest BCUT2D eigenvalue weighted by atomic mass is 32.2. The van der Waals surface area contributed by atoms with Crippen molar-refractivity contribution in [2.45, 2.75) is 49.7 Å². The largest absolute Gasteiger partial charge is 0.464 e. The topological polar surface area (TPSA) is 46.6 Å². The van der Waals surface area contributed by atoms with Crippen LogP contribution in [-0.4, -0.2) is 35.3 Å². The van der Waals surface area contributed by atoms with Gasteiger partial charge in [-0.1, -0.05) is 73.5 Å². The lowest BCUT2D eigenvalue weighted by molar-refractivity contribution is -0.154. The van der Waals surface area contributed by atoms with Crippen LogP contribution >= 0.6 is 11.8 Å². The van der Waals surface area contributed by atoms with Crippen LogP contribution in [0.2, 0.25) is 0 Å². The molecule has 1 amide bonds. The van der Waals surface area contributed by atoms with Crippen LogP contribution in [0.5, 0.6) is 0 Å². The molecule has 0 spiro atoms. The van der Waals surface area contributed by atoms with E-state index in [4.69, 9.17) is 4.74 Å². The lowest BCUT2D eigenvalue weighted by atomic mass is 10.1. The molecule has 1 unspecified atom stereocenters. The average molecular weight is 412 g/mol. The SMILES string of the molecule is O=C(CN1C(=O)CC1SCc1ccccc1)OCCCCCCc1ccccc1. The van der Waals surface area contributed by atoms with Crippen LogP contribution in [0.15, 0.2) is 60.7 Å². The first-order valence-electron chi connectivity index (χ1n) is 10.4. The highest BCUT2D eigenvalue weighted by Gasteiger charge is 2.37. The number of likely N-dealkylation sites (tertiary alicyclic amines) is 1. The summed E-state index contributed by atoms with van der Waals surface area (Å²) in [6.45, 7) is 0.507. The number of ether oxygens (including phenoxy) is 1. The molecule has 5 heteroatoms. The zero-order valence-electron chi connectivity index (χ0n) is 16.8. The molecule has 3 rings (SSSR count). The molecule has 2 aromatic carbocycles. The molecule has 1 fully saturated rings. The van der Waals surface area contributed by atoms with Crippen LogP contribution in [0.1, 0.15) is 43.2 Å². The maximum atomic E-state index is 12.1. The summed E-state index contributed by atoms with van der Waals surface area (Å²) in [5.41, 5.74) is 2.60. The lowest BCUT2D eigenvalue weighted by Crippen LogP contribution is -2.53. The molecule has 0 saturated carbocycles. The Labute approximate surface area is 177 Å². The molecule has 0 N–H and O–H groups in total. The Morgan fingerprint density at radius 2 is 1.59 bits per heavy atom. The molecule has 0 radical (unpaired) electrons. The van der Waals surface area contributed by atoms with Gasteiger partial charge in [0.1, 0.15) is 6.54 Å². The molecule has 0 bridgehead atoms. The molecule has 1 saturated heterocycles. The van der Waals surface area contributed by atoms with Gasteiger partial charge in [-0.05, 0) is 30.4 Å². The minimum Gasteiger partial charge on any atom is -0.464 e. The number of benzene rings is 2. The van der Waals surface area contributed by atoms with Gasteiger partial charge in [0.2, 0.25) is 5.91 Å². The van der Waals surface area contributed by atoms with Crippen LogP contribution in [-0.2, 0) is 26.5 Å². The highest BCUT2D eigenvalue weighted by molar-refractivity contribution is 7.99. The van der Waals surface area contributed by atoms with Crippen molar-refractivity contribution in [3.05, 3.63) is 71.8 Å². The molecule has 1 heterocycles. The van der Waals surface area contributed by atoms with Gasteiger partial charge in [-0.25, -0.2) is 0 Å². The summed E-state index contributed by atoms with van der Waals surface area (Å²) in [6, 6.07) is 20.7. The second kappa shape index (κ2) is 11.7. The first kappa shape index (κ1) is 21.4. The molecule has 0 aromatic heterocycles. The number of amides is 1. The Kier molecular flexibility index (Phi) is 8.62. The number of rotatable bonds is 12. The standard InChI is InChI=1S/C24H29NO3S/c26-22-17-23(29-19-21-14-8-4-9-15-21)25(22)18-24(27)28-16-10-2-1-5-11-20-12-6-3-7-13-20/h3-4,6-9,12-15,23H,1-2,5,10-11,16-19H2. The minimum atomic E-state index is -0.298. The molecule has 1 aliphatic rings. The first-order valence-corrected chi connectivity index (χ1v) is 11.4. The number of aryl methyl sites for hydroxylation is 1. The predicted molar refractivity (Wildman–Crippen MR) is 117 cm³/mol. The molecular formula is C24H29NO3S. The first-order chi connectivity index (χ1) is 14.2. The molecule has 0 aliphatic carbocycles. The van der Waals surface area contributed by atoms with Crippen molar-refractivity contribution in [2.24, 2.45) is 0 Å². The summed E-state index contributed by atoms with van der Waals surface area (Å²) in [4.78, 5) is 25.6. The van der Waals surface area contributed by atoms with Crippen molar-refractivity contribution < 1.29 is 14.3 Å². The normalized spacial score (nSPS) is 15.8. The van der Waals surface area contributed by atoms with E-state index in [1.165, 1.54) is 11.1 Å². The Balaban J connectivity index is 1.24. The quantitative estimate of drug-likeness (QED) is 0.285. The number of thioether (sulfide) groups is 1. The summed E-state index contributed by atoms with van der Waals surface area (Å²) in [5.74, 6) is 0.578. The molecule has 1 atom stereocenters. The fourth-order valence-corrected chi connectivity index (χ4v) is 4.54. The van der Waals surface area contributed by atoms with Gasteiger partial charge in [-0.15, -0.1) is 11.8 Å². The maximum absolute atomic E-state index is 12.1. The van der Waals surface area contributed by atoms with Crippen molar-refractivity contribution in [1.82, 2.24) is 4.90 Å². The molecule has 154 valence electrons. The van der Waals surface area contributed by atoms with E-state index >= 15 is 0 Å². The third kappa shape index (κ3) is 7.24. The van der Waals surface area contributed by atoms with E-state index in [1.807, 2.05) is 24.3 Å². The number of carbonyl (C=O) groups is 2. The molecule has 1 aliphatic heterocycles. The Morgan fingerprint density at radius 3 is 2.28 bits per heavy atom. The Bertz CT molecular complexity index is 766. The zero-order chi connectivity index (χ0) is 20.3. The average Bonchev–Trinajstić information content (AvgIpc) is 2.75. The van der Waals surface area contributed by atoms with E-state index in [0.29, 0.717) is 13.0 Å². The number of hydrogen-bond acceptors (Lipinski definition) is 4. The summed E-state index contributed by atoms with van der Waals surface area (Å²) in [6.07, 6.45) is 5.82. The van der Waals surface area contributed by atoms with Gasteiger partial charge < -0.3 is 9.64 Å². The number of esters is 1. The third-order valence-corrected chi connectivity index (χ3v) is 6.37. The minimum absolute atomic E-state index is 0.0356. The summed E-state index contributed by atoms with van der Waals surface area (Å²) in [7, 11) is 0. The number of carbonyl (C=O) groups excluding carboxylic acids is 2. The zero-order valence-corrected chi connectivity index (χ0v) is 17.6. The van der Waals surface area contributed by atoms with Crippen LogP contribution in [0.4, 0.5) is 0 Å². The van der Waals surface area contributed by atoms with Crippen LogP contribution in [0, 0.1) is 0 Å². The molecule has 4 nitrogen and oxygen atoms in total. The molecular weight excluding hydrogens is 382 g/mol. The third-order valence-electron chi connectivity index (χ3n) is 5.07. The van der Waals surface area contributed by atoms with Crippen molar-refractivity contribution in [3.8, 4) is 0 Å². The lowest BCUT2D eigenvalue weighted by Gasteiger charge is -2.39. The maximum Gasteiger partial charge on any atom is 0.325 e. The smallest absolute Gasteiger partial charge is 0.325 e.